The van der Waals surface area contributed by atoms with Crippen LogP contribution in [0.2, 0.25) is 5.02 Å². The van der Waals surface area contributed by atoms with Crippen LogP contribution in [-0.4, -0.2) is 17.9 Å². The Morgan fingerprint density at radius 3 is 1.97 bits per heavy atom. The van der Waals surface area contributed by atoms with Crippen molar-refractivity contribution < 1.29 is 46.3 Å². The van der Waals surface area contributed by atoms with Crippen LogP contribution in [0.15, 0.2) is 42.4 Å². The first-order valence-electron chi connectivity index (χ1n) is 9.77. The van der Waals surface area contributed by atoms with Crippen molar-refractivity contribution in [3.63, 3.8) is 0 Å². The van der Waals surface area contributed by atoms with E-state index in [-0.39, 0.29) is 18.2 Å². The molecule has 0 bridgehead atoms. The van der Waals surface area contributed by atoms with Crippen LogP contribution >= 0.6 is 11.6 Å². The fraction of sp³-hybridized carbons (Fsp3) is 0.222. The fourth-order valence-corrected chi connectivity index (χ4v) is 2.02. The molecule has 0 radical (unpaired) electrons. The molecule has 0 aliphatic rings. The van der Waals surface area contributed by atoms with Crippen molar-refractivity contribution in [2.24, 2.45) is 0 Å². The predicted molar refractivity (Wildman–Crippen MR) is 94.5 cm³/mol. The monoisotopic (exact) mass is 458 g/mol. The van der Waals surface area contributed by atoms with E-state index in [9.17, 15) is 35.9 Å². The average molecular weight is 459 g/mol. The summed E-state index contributed by atoms with van der Waals surface area (Å²) in [4.78, 5) is 29.0. The Labute approximate surface area is 176 Å². The standard InChI is InChI=1S/C18H13ClF6N2O3/c1-9(15(28)26-14-4-2-13(19)3-5-14)30-27-16(29)10-6-11(17(20,21)22)8-12(7-10)18(23,24)25/h2-9H,1H3,(H,26,28)(H,27,29)/i2D,3D,4D,5D. The molecular weight excluding hydrogens is 442 g/mol. The summed E-state index contributed by atoms with van der Waals surface area (Å²) in [5.74, 6) is -2.64. The van der Waals surface area contributed by atoms with E-state index < -0.39 is 81.8 Å². The molecule has 0 aliphatic heterocycles. The molecule has 1 atom stereocenters. The number of hydrogen-bond donors (Lipinski definition) is 2. The van der Waals surface area contributed by atoms with Crippen molar-refractivity contribution in [1.82, 2.24) is 5.48 Å². The van der Waals surface area contributed by atoms with Crippen LogP contribution in [0.1, 0.15) is 33.9 Å². The zero-order valence-electron chi connectivity index (χ0n) is 18.7. The molecule has 0 aliphatic carbocycles. The Kier molecular flexibility index (Phi) is 5.36. The molecule has 1 unspecified atom stereocenters. The number of hydroxylamine groups is 1. The molecule has 5 nitrogen and oxygen atoms in total. The molecule has 162 valence electrons. The summed E-state index contributed by atoms with van der Waals surface area (Å²) in [7, 11) is 0. The zero-order chi connectivity index (χ0) is 26.2. The Balaban J connectivity index is 2.19. The van der Waals surface area contributed by atoms with E-state index in [1.54, 1.807) is 5.48 Å². The molecule has 2 aromatic rings. The van der Waals surface area contributed by atoms with Crippen LogP contribution < -0.4 is 10.8 Å². The summed E-state index contributed by atoms with van der Waals surface area (Å²) in [6.07, 6.45) is -12.0. The Morgan fingerprint density at radius 2 is 1.50 bits per heavy atom. The van der Waals surface area contributed by atoms with E-state index in [0.717, 1.165) is 6.92 Å². The zero-order valence-corrected chi connectivity index (χ0v) is 15.4. The third-order valence-electron chi connectivity index (χ3n) is 3.39. The van der Waals surface area contributed by atoms with E-state index in [1.165, 1.54) is 0 Å². The molecule has 2 amide bonds. The van der Waals surface area contributed by atoms with Gasteiger partial charge in [0.15, 0.2) is 6.10 Å². The lowest BCUT2D eigenvalue weighted by molar-refractivity contribution is -0.143. The van der Waals surface area contributed by atoms with Crippen molar-refractivity contribution in [3.8, 4) is 0 Å². The number of amides is 2. The lowest BCUT2D eigenvalue weighted by atomic mass is 10.0. The number of rotatable bonds is 5. The van der Waals surface area contributed by atoms with Gasteiger partial charge in [0.05, 0.1) is 16.6 Å². The molecule has 0 saturated carbocycles. The molecule has 0 saturated heterocycles. The van der Waals surface area contributed by atoms with Crippen molar-refractivity contribution in [1.29, 1.82) is 0 Å². The number of carbonyl (C=O) groups is 2. The first kappa shape index (κ1) is 18.0. The average Bonchev–Trinajstić information content (AvgIpc) is 2.75. The van der Waals surface area contributed by atoms with Crippen LogP contribution in [0.5, 0.6) is 0 Å². The van der Waals surface area contributed by atoms with Gasteiger partial charge in [-0.15, -0.1) is 0 Å². The van der Waals surface area contributed by atoms with Crippen molar-refractivity contribution in [3.05, 3.63) is 64.1 Å². The number of halogens is 7. The quantitative estimate of drug-likeness (QED) is 0.486. The second-order valence-electron chi connectivity index (χ2n) is 5.66. The molecule has 2 rings (SSSR count). The summed E-state index contributed by atoms with van der Waals surface area (Å²) in [6.45, 7) is 1.02. The minimum atomic E-state index is -5.18. The van der Waals surface area contributed by atoms with Gasteiger partial charge in [-0.1, -0.05) is 11.6 Å². The highest BCUT2D eigenvalue weighted by Gasteiger charge is 2.37. The van der Waals surface area contributed by atoms with Crippen LogP contribution in [0.4, 0.5) is 32.0 Å². The number of hydrogen-bond acceptors (Lipinski definition) is 3. The summed E-state index contributed by atoms with van der Waals surface area (Å²) >= 11 is 5.64. The van der Waals surface area contributed by atoms with Gasteiger partial charge in [0.2, 0.25) is 0 Å². The highest BCUT2D eigenvalue weighted by molar-refractivity contribution is 6.30. The fourth-order valence-electron chi connectivity index (χ4n) is 1.92. The maximum absolute atomic E-state index is 12.9. The number of carbonyl (C=O) groups excluding carboxylic acids is 2. The van der Waals surface area contributed by atoms with Crippen molar-refractivity contribution in [2.45, 2.75) is 25.4 Å². The Morgan fingerprint density at radius 1 is 1.00 bits per heavy atom. The smallest absolute Gasteiger partial charge is 0.324 e. The minimum absolute atomic E-state index is 0.163. The first-order valence-corrected chi connectivity index (χ1v) is 8.15. The summed E-state index contributed by atoms with van der Waals surface area (Å²) in [5.41, 5.74) is -3.52. The normalized spacial score (nSPS) is 14.8. The van der Waals surface area contributed by atoms with Crippen molar-refractivity contribution >= 4 is 29.1 Å². The van der Waals surface area contributed by atoms with Gasteiger partial charge in [-0.3, -0.25) is 14.4 Å². The van der Waals surface area contributed by atoms with Gasteiger partial charge in [0.1, 0.15) is 0 Å². The Bertz CT molecular complexity index is 1080. The largest absolute Gasteiger partial charge is 0.416 e. The van der Waals surface area contributed by atoms with Gasteiger partial charge in [-0.2, -0.15) is 26.3 Å². The number of anilines is 1. The molecule has 2 N–H and O–H groups in total. The summed E-state index contributed by atoms with van der Waals surface area (Å²) in [5, 5.41) is 1.53. The molecule has 12 heteroatoms. The summed E-state index contributed by atoms with van der Waals surface area (Å²) in [6, 6.07) is -2.53. The maximum Gasteiger partial charge on any atom is 0.416 e. The van der Waals surface area contributed by atoms with Gasteiger partial charge in [0, 0.05) is 16.3 Å². The number of benzene rings is 2. The molecule has 0 fully saturated rings. The van der Waals surface area contributed by atoms with Gasteiger partial charge in [-0.05, 0) is 49.3 Å². The summed E-state index contributed by atoms with van der Waals surface area (Å²) < 4.78 is 108. The number of nitrogens with one attached hydrogen (secondary N) is 2. The van der Waals surface area contributed by atoms with E-state index in [4.69, 9.17) is 21.9 Å². The van der Waals surface area contributed by atoms with E-state index >= 15 is 0 Å². The molecule has 0 spiro atoms. The maximum atomic E-state index is 12.9. The molecule has 0 aromatic heterocycles. The van der Waals surface area contributed by atoms with E-state index in [2.05, 4.69) is 0 Å². The lowest BCUT2D eigenvalue weighted by Gasteiger charge is -2.16. The molecule has 0 heterocycles. The molecular formula is C18H13ClF6N2O3. The SMILES string of the molecule is [2H]c1c([2H])c(NC(=O)C(C)ONC(=O)c2cc(C(F)(F)F)cc(C(F)(F)F)c2)c([2H])c([2H])c1Cl. The first-order chi connectivity index (χ1) is 15.4. The second-order valence-corrected chi connectivity index (χ2v) is 6.04. The van der Waals surface area contributed by atoms with Crippen LogP contribution in [0.25, 0.3) is 0 Å². The minimum Gasteiger partial charge on any atom is -0.324 e. The van der Waals surface area contributed by atoms with Gasteiger partial charge >= 0.3 is 12.4 Å². The highest BCUT2D eigenvalue weighted by atomic mass is 35.5. The lowest BCUT2D eigenvalue weighted by Crippen LogP contribution is -2.35. The Hall–Kier alpha value is -2.79. The van der Waals surface area contributed by atoms with Crippen molar-refractivity contribution in [2.75, 3.05) is 5.32 Å². The second kappa shape index (κ2) is 8.92. The van der Waals surface area contributed by atoms with E-state index in [0.29, 0.717) is 0 Å². The van der Waals surface area contributed by atoms with E-state index in [1.807, 2.05) is 5.32 Å². The predicted octanol–water partition coefficient (Wildman–Crippen LogP) is 5.07. The highest BCUT2D eigenvalue weighted by Crippen LogP contribution is 2.36. The molecule has 2 aromatic carbocycles. The van der Waals surface area contributed by atoms with Crippen LogP contribution in [0.3, 0.4) is 0 Å². The van der Waals surface area contributed by atoms with Gasteiger partial charge in [-0.25, -0.2) is 5.48 Å². The molecule has 30 heavy (non-hydrogen) atoms. The van der Waals surface area contributed by atoms with Crippen LogP contribution in [0, 0.1) is 0 Å². The van der Waals surface area contributed by atoms with Gasteiger partial charge < -0.3 is 5.32 Å². The van der Waals surface area contributed by atoms with Crippen LogP contribution in [-0.2, 0) is 22.0 Å². The third kappa shape index (κ3) is 6.36. The third-order valence-corrected chi connectivity index (χ3v) is 3.58. The number of alkyl halides is 6. The topological polar surface area (TPSA) is 67.4 Å². The van der Waals surface area contributed by atoms with Gasteiger partial charge in [0.25, 0.3) is 11.8 Å².